The number of anilines is 1. The molecule has 0 bridgehead atoms. The van der Waals surface area contributed by atoms with E-state index in [1.807, 2.05) is 65.3 Å². The molecule has 3 N–H and O–H groups in total. The zero-order chi connectivity index (χ0) is 20.6. The van der Waals surface area contributed by atoms with Crippen LogP contribution in [0.15, 0.2) is 73.1 Å². The number of rotatable bonds is 8. The van der Waals surface area contributed by atoms with Gasteiger partial charge in [0.2, 0.25) is 0 Å². The van der Waals surface area contributed by atoms with Crippen molar-refractivity contribution in [2.45, 2.75) is 6.54 Å². The van der Waals surface area contributed by atoms with Crippen LogP contribution in [-0.2, 0) is 6.54 Å². The first-order chi connectivity index (χ1) is 14.1. The molecule has 5 nitrogen and oxygen atoms in total. The third-order valence-electron chi connectivity index (χ3n) is 4.84. The number of benzene rings is 2. The van der Waals surface area contributed by atoms with Crippen LogP contribution >= 0.6 is 0 Å². The van der Waals surface area contributed by atoms with Crippen molar-refractivity contribution >= 4 is 30.4 Å². The SMILES string of the molecule is CN(CCO)c1ccc(C=Cc2cc[n+](Cc3ccccc3B(O)O)cc2)cc1.[Br-]. The molecule has 30 heavy (non-hydrogen) atoms. The summed E-state index contributed by atoms with van der Waals surface area (Å²) in [6.07, 6.45) is 8.08. The lowest BCUT2D eigenvalue weighted by Crippen LogP contribution is -3.00. The van der Waals surface area contributed by atoms with Gasteiger partial charge in [-0.05, 0) is 28.7 Å². The molecule has 0 aliphatic heterocycles. The fraction of sp³-hybridized carbons (Fsp3) is 0.174. The monoisotopic (exact) mass is 468 g/mol. The molecule has 0 fully saturated rings. The van der Waals surface area contributed by atoms with E-state index in [2.05, 4.69) is 24.3 Å². The van der Waals surface area contributed by atoms with Crippen molar-refractivity contribution in [2.24, 2.45) is 0 Å². The van der Waals surface area contributed by atoms with Gasteiger partial charge in [-0.15, -0.1) is 0 Å². The van der Waals surface area contributed by atoms with Crippen molar-refractivity contribution in [3.8, 4) is 0 Å². The molecule has 3 rings (SSSR count). The molecule has 0 aliphatic carbocycles. The molecule has 0 atom stereocenters. The van der Waals surface area contributed by atoms with E-state index >= 15 is 0 Å². The van der Waals surface area contributed by atoms with E-state index < -0.39 is 7.12 Å². The quantitative estimate of drug-likeness (QED) is 0.272. The summed E-state index contributed by atoms with van der Waals surface area (Å²) in [7, 11) is 0.490. The maximum Gasteiger partial charge on any atom is 0.488 e. The van der Waals surface area contributed by atoms with Gasteiger partial charge in [0.25, 0.3) is 0 Å². The molecular weight excluding hydrogens is 443 g/mol. The van der Waals surface area contributed by atoms with E-state index in [1.54, 1.807) is 12.1 Å². The first-order valence-corrected chi connectivity index (χ1v) is 9.60. The van der Waals surface area contributed by atoms with Crippen LogP contribution in [0.3, 0.4) is 0 Å². The van der Waals surface area contributed by atoms with Gasteiger partial charge in [0.1, 0.15) is 0 Å². The Morgan fingerprint density at radius 2 is 1.50 bits per heavy atom. The standard InChI is InChI=1S/C23H26BN2O3.BrH/c1-25(16-17-27)22-10-8-19(9-11-22)6-7-20-12-14-26(15-13-20)18-21-4-2-3-5-23(21)24(28)29;/h2-15,27-29H,16-18H2,1H3;1H/q+1;/p-1. The van der Waals surface area contributed by atoms with Gasteiger partial charge in [-0.3, -0.25) is 0 Å². The number of hydrogen-bond acceptors (Lipinski definition) is 4. The van der Waals surface area contributed by atoms with Crippen LogP contribution in [0.4, 0.5) is 5.69 Å². The summed E-state index contributed by atoms with van der Waals surface area (Å²) in [6.45, 7) is 1.32. The third kappa shape index (κ3) is 6.54. The van der Waals surface area contributed by atoms with E-state index in [1.165, 1.54) is 0 Å². The Morgan fingerprint density at radius 3 is 2.10 bits per heavy atom. The van der Waals surface area contributed by atoms with Crippen LogP contribution in [0.25, 0.3) is 12.2 Å². The number of aromatic nitrogens is 1. The molecule has 156 valence electrons. The molecule has 0 radical (unpaired) electrons. The zero-order valence-corrected chi connectivity index (χ0v) is 18.5. The number of nitrogens with zero attached hydrogens (tertiary/aromatic N) is 2. The van der Waals surface area contributed by atoms with Gasteiger partial charge in [0.05, 0.1) is 6.61 Å². The number of hydrogen-bond donors (Lipinski definition) is 3. The second kappa shape index (κ2) is 11.7. The van der Waals surface area contributed by atoms with Crippen LogP contribution in [0.5, 0.6) is 0 Å². The average Bonchev–Trinajstić information content (AvgIpc) is 2.74. The Labute approximate surface area is 188 Å². The Bertz CT molecular complexity index is 947. The predicted molar refractivity (Wildman–Crippen MR) is 118 cm³/mol. The van der Waals surface area contributed by atoms with Gasteiger partial charge in [-0.2, -0.15) is 0 Å². The fourth-order valence-electron chi connectivity index (χ4n) is 3.12. The lowest BCUT2D eigenvalue weighted by atomic mass is 9.77. The summed E-state index contributed by atoms with van der Waals surface area (Å²) in [6, 6.07) is 19.6. The number of likely N-dealkylation sites (N-methyl/N-ethyl adjacent to an activating group) is 1. The van der Waals surface area contributed by atoms with Gasteiger partial charge >= 0.3 is 7.12 Å². The zero-order valence-electron chi connectivity index (χ0n) is 16.9. The fourth-order valence-corrected chi connectivity index (χ4v) is 3.12. The van der Waals surface area contributed by atoms with Crippen molar-refractivity contribution in [1.82, 2.24) is 0 Å². The minimum atomic E-state index is -1.47. The summed E-state index contributed by atoms with van der Waals surface area (Å²) in [5.41, 5.74) is 4.66. The summed E-state index contributed by atoms with van der Waals surface area (Å²) >= 11 is 0. The Balaban J connectivity index is 0.00000320. The molecule has 1 aromatic heterocycles. The minimum Gasteiger partial charge on any atom is -1.00 e. The van der Waals surface area contributed by atoms with Crippen molar-refractivity contribution in [2.75, 3.05) is 25.1 Å². The largest absolute Gasteiger partial charge is 1.00 e. The molecule has 0 spiro atoms. The molecule has 2 aromatic carbocycles. The number of aliphatic hydroxyl groups is 1. The Morgan fingerprint density at radius 1 is 0.900 bits per heavy atom. The average molecular weight is 469 g/mol. The van der Waals surface area contributed by atoms with Crippen LogP contribution < -0.4 is 31.9 Å². The summed E-state index contributed by atoms with van der Waals surface area (Å²) in [5, 5.41) is 28.0. The molecule has 1 heterocycles. The van der Waals surface area contributed by atoms with E-state index in [0.29, 0.717) is 18.6 Å². The molecule has 0 saturated heterocycles. The second-order valence-corrected chi connectivity index (χ2v) is 6.95. The molecular formula is C23H26BBrN2O3. The second-order valence-electron chi connectivity index (χ2n) is 6.95. The highest BCUT2D eigenvalue weighted by molar-refractivity contribution is 6.59. The number of halogens is 1. The first kappa shape index (κ1) is 23.8. The Hall–Kier alpha value is -2.45. The Kier molecular flexibility index (Phi) is 9.27. The molecule has 0 amide bonds. The summed E-state index contributed by atoms with van der Waals surface area (Å²) < 4.78 is 2.00. The number of pyridine rings is 1. The van der Waals surface area contributed by atoms with Gasteiger partial charge in [-0.25, -0.2) is 4.57 Å². The maximum atomic E-state index is 9.50. The van der Waals surface area contributed by atoms with Crippen LogP contribution in [0.1, 0.15) is 16.7 Å². The van der Waals surface area contributed by atoms with Crippen molar-refractivity contribution in [3.63, 3.8) is 0 Å². The number of aliphatic hydroxyl groups excluding tert-OH is 1. The molecule has 0 unspecified atom stereocenters. The van der Waals surface area contributed by atoms with E-state index in [4.69, 9.17) is 5.11 Å². The molecule has 7 heteroatoms. The molecule has 0 aliphatic rings. The van der Waals surface area contributed by atoms with Gasteiger partial charge in [-0.1, -0.05) is 48.6 Å². The smallest absolute Gasteiger partial charge is 0.488 e. The van der Waals surface area contributed by atoms with Gasteiger partial charge in [0, 0.05) is 37.0 Å². The first-order valence-electron chi connectivity index (χ1n) is 9.60. The highest BCUT2D eigenvalue weighted by Crippen LogP contribution is 2.15. The topological polar surface area (TPSA) is 67.8 Å². The lowest BCUT2D eigenvalue weighted by Gasteiger charge is -2.17. The van der Waals surface area contributed by atoms with Crippen LogP contribution in [0, 0.1) is 0 Å². The van der Waals surface area contributed by atoms with Crippen molar-refractivity contribution in [3.05, 3.63) is 89.7 Å². The third-order valence-corrected chi connectivity index (χ3v) is 4.84. The van der Waals surface area contributed by atoms with Crippen molar-refractivity contribution < 1.29 is 36.7 Å². The van der Waals surface area contributed by atoms with Gasteiger partial charge < -0.3 is 37.0 Å². The maximum absolute atomic E-state index is 9.50. The highest BCUT2D eigenvalue weighted by atomic mass is 79.9. The lowest BCUT2D eigenvalue weighted by molar-refractivity contribution is -0.688. The van der Waals surface area contributed by atoms with Gasteiger partial charge in [0.15, 0.2) is 18.9 Å². The van der Waals surface area contributed by atoms with E-state index in [-0.39, 0.29) is 23.6 Å². The summed E-state index contributed by atoms with van der Waals surface area (Å²) in [4.78, 5) is 2.01. The molecule has 3 aromatic rings. The highest BCUT2D eigenvalue weighted by Gasteiger charge is 2.17. The van der Waals surface area contributed by atoms with Crippen LogP contribution in [-0.4, -0.2) is 42.5 Å². The predicted octanol–water partition coefficient (Wildman–Crippen LogP) is -1.69. The van der Waals surface area contributed by atoms with E-state index in [0.717, 1.165) is 22.4 Å². The van der Waals surface area contributed by atoms with Crippen LogP contribution in [0.2, 0.25) is 0 Å². The molecule has 0 saturated carbocycles. The van der Waals surface area contributed by atoms with E-state index in [9.17, 15) is 10.0 Å². The normalized spacial score (nSPS) is 10.7. The minimum absolute atomic E-state index is 0. The summed E-state index contributed by atoms with van der Waals surface area (Å²) in [5.74, 6) is 0. The van der Waals surface area contributed by atoms with Crippen molar-refractivity contribution in [1.29, 1.82) is 0 Å².